The van der Waals surface area contributed by atoms with Gasteiger partial charge in [-0.3, -0.25) is 0 Å². The summed E-state index contributed by atoms with van der Waals surface area (Å²) < 4.78 is 1.80. The first-order valence-corrected chi connectivity index (χ1v) is 17.0. The summed E-state index contributed by atoms with van der Waals surface area (Å²) >= 11 is -0.514. The van der Waals surface area contributed by atoms with Gasteiger partial charge in [0.1, 0.15) is 0 Å². The Kier molecular flexibility index (Phi) is 7.82. The summed E-state index contributed by atoms with van der Waals surface area (Å²) in [4.78, 5) is 0. The summed E-state index contributed by atoms with van der Waals surface area (Å²) in [5.41, 5.74) is 10.9. The molecule has 0 atom stereocenters. The van der Waals surface area contributed by atoms with Gasteiger partial charge in [0.15, 0.2) is 0 Å². The Bertz CT molecular complexity index is 990. The van der Waals surface area contributed by atoms with E-state index in [1.54, 1.807) is 20.0 Å². The van der Waals surface area contributed by atoms with E-state index in [4.69, 9.17) is 0 Å². The van der Waals surface area contributed by atoms with E-state index in [1.165, 1.54) is 22.3 Å². The van der Waals surface area contributed by atoms with Crippen LogP contribution in [0.4, 0.5) is 0 Å². The molecule has 0 bridgehead atoms. The van der Waals surface area contributed by atoms with Crippen molar-refractivity contribution in [2.45, 2.75) is 46.7 Å². The average molecular weight is 506 g/mol. The number of fused-ring (bicyclic) bond motifs is 3. The number of allylic oxidation sites excluding steroid dienone is 4. The second kappa shape index (κ2) is 9.17. The molecule has 0 aromatic heterocycles. The molecule has 0 spiro atoms. The van der Waals surface area contributed by atoms with Crippen LogP contribution in [-0.4, -0.2) is 5.43 Å². The molecule has 0 N–H and O–H groups in total. The van der Waals surface area contributed by atoms with Crippen LogP contribution in [0.5, 0.6) is 0 Å². The molecular weight excluding hydrogens is 478 g/mol. The molecule has 0 unspecified atom stereocenters. The maximum atomic E-state index is 2.52. The van der Waals surface area contributed by atoms with Gasteiger partial charge in [-0.1, -0.05) is 0 Å². The Morgan fingerprint density at radius 3 is 2.21 bits per heavy atom. The molecule has 0 aliphatic heterocycles. The van der Waals surface area contributed by atoms with Crippen LogP contribution >= 0.6 is 0 Å². The second-order valence-corrected chi connectivity index (χ2v) is 21.5. The summed E-state index contributed by atoms with van der Waals surface area (Å²) in [5.74, 6) is 0. The number of rotatable bonds is 2. The van der Waals surface area contributed by atoms with Crippen molar-refractivity contribution in [3.8, 4) is 11.1 Å². The van der Waals surface area contributed by atoms with E-state index in [-0.39, 0.29) is 35.7 Å². The zero-order chi connectivity index (χ0) is 18.5. The van der Waals surface area contributed by atoms with Crippen molar-refractivity contribution in [3.05, 3.63) is 70.8 Å². The first-order chi connectivity index (χ1) is 12.3. The van der Waals surface area contributed by atoms with Gasteiger partial charge in [-0.2, -0.15) is 0 Å². The van der Waals surface area contributed by atoms with Crippen molar-refractivity contribution in [1.29, 1.82) is 0 Å². The molecule has 2 aliphatic rings. The van der Waals surface area contributed by atoms with Crippen LogP contribution in [-0.2, 0) is 28.3 Å². The van der Waals surface area contributed by atoms with E-state index in [1.807, 2.05) is 0 Å². The van der Waals surface area contributed by atoms with Gasteiger partial charge in [0.05, 0.1) is 0 Å². The molecule has 4 rings (SSSR count). The first-order valence-electron chi connectivity index (χ1n) is 9.57. The zero-order valence-electron chi connectivity index (χ0n) is 17.3. The summed E-state index contributed by atoms with van der Waals surface area (Å²) in [6.07, 6.45) is 7.21. The van der Waals surface area contributed by atoms with Gasteiger partial charge >= 0.3 is 170 Å². The Morgan fingerprint density at radius 1 is 0.893 bits per heavy atom. The van der Waals surface area contributed by atoms with Crippen molar-refractivity contribution in [3.63, 3.8) is 0 Å². The third-order valence-electron chi connectivity index (χ3n) is 5.45. The Morgan fingerprint density at radius 2 is 1.57 bits per heavy atom. The molecule has 0 radical (unpaired) electrons. The third kappa shape index (κ3) is 4.51. The summed E-state index contributed by atoms with van der Waals surface area (Å²) in [7, 11) is 0. The van der Waals surface area contributed by atoms with Crippen molar-refractivity contribution in [1.82, 2.24) is 0 Å². The minimum absolute atomic E-state index is 0. The smallest absolute Gasteiger partial charge is 1.00 e. The van der Waals surface area contributed by atoms with Crippen LogP contribution in [0.1, 0.15) is 43.9 Å². The van der Waals surface area contributed by atoms with Crippen molar-refractivity contribution >= 4 is 14.3 Å². The van der Waals surface area contributed by atoms with Crippen molar-refractivity contribution in [2.24, 2.45) is 5.41 Å². The van der Waals surface area contributed by atoms with Crippen LogP contribution in [0, 0.1) is 5.41 Å². The van der Waals surface area contributed by atoms with E-state index in [0.717, 1.165) is 12.8 Å². The molecule has 4 heteroatoms. The first kappa shape index (κ1) is 23.9. The summed E-state index contributed by atoms with van der Waals surface area (Å²) in [5, 5.41) is 0. The Labute approximate surface area is 193 Å². The van der Waals surface area contributed by atoms with Gasteiger partial charge in [0.2, 0.25) is 0 Å². The van der Waals surface area contributed by atoms with Gasteiger partial charge in [-0.15, -0.1) is 0 Å². The normalized spacial score (nSPS) is 14.0. The molecule has 28 heavy (non-hydrogen) atoms. The number of benzene rings is 2. The molecule has 0 saturated carbocycles. The summed E-state index contributed by atoms with van der Waals surface area (Å²) in [6.45, 7) is 12.0. The Balaban J connectivity index is 0.00000140. The molecule has 0 saturated heterocycles. The fourth-order valence-corrected chi connectivity index (χ4v) is 11.8. The molecule has 0 fully saturated rings. The van der Waals surface area contributed by atoms with Crippen LogP contribution in [0.3, 0.4) is 0 Å². The maximum absolute atomic E-state index is 2.52. The van der Waals surface area contributed by atoms with E-state index in [9.17, 15) is 0 Å². The van der Waals surface area contributed by atoms with E-state index in [2.05, 4.69) is 82.4 Å². The maximum Gasteiger partial charge on any atom is -1.00 e. The molecule has 0 nitrogen and oxygen atoms in total. The van der Waals surface area contributed by atoms with Crippen LogP contribution in [0.2, 0.25) is 13.1 Å². The standard InChI is InChI=1S/C22H21.C2H6Si.2ClH.Zr/c1-22(2,3)19-10-8-16(14-19)15-9-11-21-18(12-15)13-17-6-4-5-7-20(17)21;1-3-2;;;/h4-7,9-11,14H,8,13H2,1-3H3;1-2H3;2*1H;/q;;;;+2/p-2. The number of hydrogen-bond acceptors (Lipinski definition) is 0. The van der Waals surface area contributed by atoms with E-state index < -0.39 is 21.9 Å². The molecule has 2 aliphatic carbocycles. The number of halogens is 2. The van der Waals surface area contributed by atoms with E-state index in [0.29, 0.717) is 0 Å². The van der Waals surface area contributed by atoms with E-state index >= 15 is 0 Å². The minimum atomic E-state index is -0.514. The fraction of sp³-hybridized carbons (Fsp3) is 0.333. The molecular formula is C24H27Cl2SiZr. The van der Waals surface area contributed by atoms with Crippen LogP contribution in [0.25, 0.3) is 16.7 Å². The largest absolute Gasteiger partial charge is 1.00 e. The van der Waals surface area contributed by atoms with Gasteiger partial charge in [0.25, 0.3) is 0 Å². The van der Waals surface area contributed by atoms with Crippen LogP contribution < -0.4 is 28.1 Å². The van der Waals surface area contributed by atoms with Gasteiger partial charge in [0, 0.05) is 0 Å². The van der Waals surface area contributed by atoms with Crippen LogP contribution in [0.15, 0.2) is 54.1 Å². The minimum Gasteiger partial charge on any atom is -1.00 e. The van der Waals surface area contributed by atoms with Crippen molar-refractivity contribution < 1.29 is 46.7 Å². The molecule has 145 valence electrons. The molecule has 0 amide bonds. The summed E-state index contributed by atoms with van der Waals surface area (Å²) in [6, 6.07) is 13.9. The molecule has 2 aromatic rings. The average Bonchev–Trinajstić information content (AvgIpc) is 3.19. The Hall–Kier alpha value is -0.400. The zero-order valence-corrected chi connectivity index (χ0v) is 22.3. The number of hydrogen-bond donors (Lipinski definition) is 0. The SMILES string of the molecule is C[Si](C)=[Zr+2][c]1c(C2=CC(C(C)(C)C)=CC2)ccc2c1Cc1ccccc1-2.[Cl-].[Cl-]. The molecule has 0 heterocycles. The second-order valence-electron chi connectivity index (χ2n) is 8.76. The predicted molar refractivity (Wildman–Crippen MR) is 112 cm³/mol. The van der Waals surface area contributed by atoms with Crippen molar-refractivity contribution in [2.75, 3.05) is 0 Å². The van der Waals surface area contributed by atoms with Gasteiger partial charge in [-0.05, 0) is 0 Å². The predicted octanol–water partition coefficient (Wildman–Crippen LogP) is -0.0157. The molecule has 2 aromatic carbocycles. The van der Waals surface area contributed by atoms with Gasteiger partial charge in [-0.25, -0.2) is 0 Å². The topological polar surface area (TPSA) is 0 Å². The third-order valence-corrected chi connectivity index (χ3v) is 13.1. The monoisotopic (exact) mass is 503 g/mol. The quantitative estimate of drug-likeness (QED) is 0.430. The van der Waals surface area contributed by atoms with Gasteiger partial charge < -0.3 is 24.8 Å². The fourth-order valence-electron chi connectivity index (χ4n) is 4.11.